The van der Waals surface area contributed by atoms with E-state index in [-0.39, 0.29) is 23.9 Å². The summed E-state index contributed by atoms with van der Waals surface area (Å²) in [6.45, 7) is 0.0171. The molecule has 0 spiro atoms. The van der Waals surface area contributed by atoms with Gasteiger partial charge in [0.2, 0.25) is 5.95 Å². The number of aliphatic hydroxyl groups is 1. The third-order valence-electron chi connectivity index (χ3n) is 1.65. The van der Waals surface area contributed by atoms with Crippen LogP contribution in [0.2, 0.25) is 0 Å². The molecule has 0 amide bonds. The van der Waals surface area contributed by atoms with Gasteiger partial charge in [0, 0.05) is 6.61 Å². The van der Waals surface area contributed by atoms with E-state index in [1.54, 1.807) is 0 Å². The van der Waals surface area contributed by atoms with Crippen molar-refractivity contribution in [3.63, 3.8) is 0 Å². The van der Waals surface area contributed by atoms with Crippen molar-refractivity contribution >= 4 is 11.8 Å². The van der Waals surface area contributed by atoms with Crippen molar-refractivity contribution in [1.29, 1.82) is 0 Å². The molecular weight excluding hydrogens is 172 g/mol. The molecule has 13 heavy (non-hydrogen) atoms. The lowest BCUT2D eigenvalue weighted by Crippen LogP contribution is -2.19. The highest BCUT2D eigenvalue weighted by Gasteiger charge is 2.06. The first-order chi connectivity index (χ1) is 6.15. The van der Waals surface area contributed by atoms with Gasteiger partial charge in [-0.1, -0.05) is 0 Å². The molecule has 72 valence electrons. The average Bonchev–Trinajstić information content (AvgIpc) is 2.02. The Balaban J connectivity index is 2.99. The second-order valence-corrected chi connectivity index (χ2v) is 2.64. The Kier molecular flexibility index (Phi) is 2.86. The van der Waals surface area contributed by atoms with Gasteiger partial charge in [-0.05, 0) is 12.8 Å². The number of hydrogen-bond donors (Lipinski definition) is 4. The summed E-state index contributed by atoms with van der Waals surface area (Å²) in [5, 5.41) is 8.57. The molecule has 0 aliphatic carbocycles. The van der Waals surface area contributed by atoms with Crippen LogP contribution in [0, 0.1) is 0 Å². The van der Waals surface area contributed by atoms with Crippen LogP contribution < -0.4 is 17.0 Å². The van der Waals surface area contributed by atoms with Crippen molar-refractivity contribution in [1.82, 2.24) is 9.97 Å². The van der Waals surface area contributed by atoms with E-state index < -0.39 is 0 Å². The molecule has 0 bridgehead atoms. The van der Waals surface area contributed by atoms with Crippen LogP contribution in [0.3, 0.4) is 0 Å². The fraction of sp³-hybridized carbons (Fsp3) is 0.429. The average molecular weight is 184 g/mol. The van der Waals surface area contributed by atoms with Crippen LogP contribution in [0.15, 0.2) is 4.79 Å². The van der Waals surface area contributed by atoms with Gasteiger partial charge >= 0.3 is 0 Å². The normalized spacial score (nSPS) is 10.2. The molecule has 1 aromatic heterocycles. The first-order valence-electron chi connectivity index (χ1n) is 3.90. The third kappa shape index (κ3) is 2.19. The number of aromatic nitrogens is 2. The van der Waals surface area contributed by atoms with Crippen LogP contribution in [-0.4, -0.2) is 21.7 Å². The van der Waals surface area contributed by atoms with Crippen molar-refractivity contribution < 1.29 is 5.11 Å². The summed E-state index contributed by atoms with van der Waals surface area (Å²) in [6, 6.07) is 0. The van der Waals surface area contributed by atoms with E-state index in [9.17, 15) is 4.79 Å². The first kappa shape index (κ1) is 9.53. The van der Waals surface area contributed by atoms with Gasteiger partial charge < -0.3 is 16.6 Å². The van der Waals surface area contributed by atoms with Crippen LogP contribution in [0.5, 0.6) is 0 Å². The highest BCUT2D eigenvalue weighted by atomic mass is 16.2. The quantitative estimate of drug-likeness (QED) is 0.473. The smallest absolute Gasteiger partial charge is 0.257 e. The van der Waals surface area contributed by atoms with E-state index in [0.29, 0.717) is 18.4 Å². The Morgan fingerprint density at radius 2 is 2.15 bits per heavy atom. The van der Waals surface area contributed by atoms with Crippen molar-refractivity contribution in [3.05, 3.63) is 15.9 Å². The van der Waals surface area contributed by atoms with E-state index in [1.165, 1.54) is 0 Å². The van der Waals surface area contributed by atoms with Crippen LogP contribution in [0.25, 0.3) is 0 Å². The SMILES string of the molecule is Nc1nc(N)c(CCCO)c(=O)[nH]1. The molecule has 6 N–H and O–H groups in total. The van der Waals surface area contributed by atoms with E-state index in [2.05, 4.69) is 9.97 Å². The predicted molar refractivity (Wildman–Crippen MR) is 49.1 cm³/mol. The number of rotatable bonds is 3. The number of anilines is 2. The maximum absolute atomic E-state index is 11.2. The van der Waals surface area contributed by atoms with Crippen molar-refractivity contribution in [2.45, 2.75) is 12.8 Å². The predicted octanol–water partition coefficient (Wildman–Crippen LogP) is -1.14. The molecular formula is C7H12N4O2. The molecule has 0 fully saturated rings. The third-order valence-corrected chi connectivity index (χ3v) is 1.65. The largest absolute Gasteiger partial charge is 0.396 e. The first-order valence-corrected chi connectivity index (χ1v) is 3.90. The van der Waals surface area contributed by atoms with Crippen molar-refractivity contribution in [2.75, 3.05) is 18.1 Å². The fourth-order valence-corrected chi connectivity index (χ4v) is 1.03. The number of nitrogens with zero attached hydrogens (tertiary/aromatic N) is 1. The molecule has 0 atom stereocenters. The number of aliphatic hydroxyl groups excluding tert-OH is 1. The minimum absolute atomic E-state index is 0.00949. The van der Waals surface area contributed by atoms with Crippen molar-refractivity contribution in [3.8, 4) is 0 Å². The van der Waals surface area contributed by atoms with Crippen molar-refractivity contribution in [2.24, 2.45) is 0 Å². The molecule has 6 nitrogen and oxygen atoms in total. The van der Waals surface area contributed by atoms with E-state index in [1.807, 2.05) is 0 Å². The van der Waals surface area contributed by atoms with Gasteiger partial charge in [-0.3, -0.25) is 9.78 Å². The zero-order chi connectivity index (χ0) is 9.84. The molecule has 1 rings (SSSR count). The second-order valence-electron chi connectivity index (χ2n) is 2.64. The van der Waals surface area contributed by atoms with Gasteiger partial charge in [0.25, 0.3) is 5.56 Å². The Bertz CT molecular complexity index is 347. The zero-order valence-corrected chi connectivity index (χ0v) is 7.08. The summed E-state index contributed by atoms with van der Waals surface area (Å²) in [6.07, 6.45) is 0.893. The molecule has 6 heteroatoms. The molecule has 0 aliphatic rings. The monoisotopic (exact) mass is 184 g/mol. The van der Waals surface area contributed by atoms with Crippen LogP contribution in [0.1, 0.15) is 12.0 Å². The molecule has 0 aromatic carbocycles. The highest BCUT2D eigenvalue weighted by Crippen LogP contribution is 2.05. The standard InChI is InChI=1S/C7H12N4O2/c8-5-4(2-1-3-12)6(13)11-7(9)10-5/h12H,1-3H2,(H5,8,9,10,11,13). The number of aromatic amines is 1. The summed E-state index contributed by atoms with van der Waals surface area (Å²) < 4.78 is 0. The number of nitrogens with two attached hydrogens (primary N) is 2. The maximum Gasteiger partial charge on any atom is 0.257 e. The summed E-state index contributed by atoms with van der Waals surface area (Å²) in [4.78, 5) is 17.3. The Hall–Kier alpha value is -1.56. The molecule has 1 heterocycles. The van der Waals surface area contributed by atoms with E-state index >= 15 is 0 Å². The van der Waals surface area contributed by atoms with Gasteiger partial charge in [0.15, 0.2) is 0 Å². The molecule has 0 saturated carbocycles. The van der Waals surface area contributed by atoms with E-state index in [4.69, 9.17) is 16.6 Å². The lowest BCUT2D eigenvalue weighted by Gasteiger charge is -2.02. The second kappa shape index (κ2) is 3.90. The molecule has 0 saturated heterocycles. The number of nitrogens with one attached hydrogen (secondary N) is 1. The maximum atomic E-state index is 11.2. The Labute approximate surface area is 74.6 Å². The topological polar surface area (TPSA) is 118 Å². The van der Waals surface area contributed by atoms with Crippen LogP contribution in [-0.2, 0) is 6.42 Å². The zero-order valence-electron chi connectivity index (χ0n) is 7.08. The highest BCUT2D eigenvalue weighted by molar-refractivity contribution is 5.41. The van der Waals surface area contributed by atoms with E-state index in [0.717, 1.165) is 0 Å². The molecule has 0 radical (unpaired) electrons. The minimum atomic E-state index is -0.335. The lowest BCUT2D eigenvalue weighted by atomic mass is 10.2. The van der Waals surface area contributed by atoms with Gasteiger partial charge in [0.05, 0.1) is 5.56 Å². The minimum Gasteiger partial charge on any atom is -0.396 e. The van der Waals surface area contributed by atoms with Gasteiger partial charge in [-0.2, -0.15) is 4.98 Å². The van der Waals surface area contributed by atoms with Gasteiger partial charge in [-0.25, -0.2) is 0 Å². The van der Waals surface area contributed by atoms with Crippen LogP contribution >= 0.6 is 0 Å². The summed E-state index contributed by atoms with van der Waals surface area (Å²) >= 11 is 0. The van der Waals surface area contributed by atoms with Gasteiger partial charge in [0.1, 0.15) is 5.82 Å². The number of H-pyrrole nitrogens is 1. The molecule has 0 unspecified atom stereocenters. The number of hydrogen-bond acceptors (Lipinski definition) is 5. The van der Waals surface area contributed by atoms with Crippen LogP contribution in [0.4, 0.5) is 11.8 Å². The lowest BCUT2D eigenvalue weighted by molar-refractivity contribution is 0.288. The number of nitrogen functional groups attached to an aromatic ring is 2. The Morgan fingerprint density at radius 1 is 1.46 bits per heavy atom. The molecule has 1 aromatic rings. The van der Waals surface area contributed by atoms with Gasteiger partial charge in [-0.15, -0.1) is 0 Å². The summed E-state index contributed by atoms with van der Waals surface area (Å²) in [5.41, 5.74) is 10.8. The summed E-state index contributed by atoms with van der Waals surface area (Å²) in [5.74, 6) is 0.143. The molecule has 0 aliphatic heterocycles. The Morgan fingerprint density at radius 3 is 2.69 bits per heavy atom. The summed E-state index contributed by atoms with van der Waals surface area (Å²) in [7, 11) is 0. The fourth-order valence-electron chi connectivity index (χ4n) is 1.03.